The molecular weight excluding hydrogens is 364 g/mol. The van der Waals surface area contributed by atoms with Crippen LogP contribution >= 0.6 is 12.4 Å². The van der Waals surface area contributed by atoms with Gasteiger partial charge < -0.3 is 10.6 Å². The molecule has 0 spiro atoms. The van der Waals surface area contributed by atoms with Crippen LogP contribution in [0.4, 0.5) is 0 Å². The Hall–Kier alpha value is -1.92. The summed E-state index contributed by atoms with van der Waals surface area (Å²) in [5, 5.41) is 11.9. The molecule has 1 aromatic heterocycles. The summed E-state index contributed by atoms with van der Waals surface area (Å²) in [7, 11) is 0. The Bertz CT molecular complexity index is 815. The molecule has 1 aliphatic heterocycles. The van der Waals surface area contributed by atoms with Crippen molar-refractivity contribution in [2.24, 2.45) is 5.92 Å². The van der Waals surface area contributed by atoms with E-state index in [2.05, 4.69) is 22.7 Å². The molecule has 1 saturated heterocycles. The lowest BCUT2D eigenvalue weighted by Crippen LogP contribution is -2.32. The van der Waals surface area contributed by atoms with E-state index in [0.29, 0.717) is 35.5 Å². The molecule has 2 heterocycles. The van der Waals surface area contributed by atoms with Gasteiger partial charge in [-0.1, -0.05) is 38.0 Å². The number of aryl methyl sites for hydroxylation is 1. The van der Waals surface area contributed by atoms with Gasteiger partial charge in [0.05, 0.1) is 5.39 Å². The van der Waals surface area contributed by atoms with E-state index in [9.17, 15) is 9.59 Å². The van der Waals surface area contributed by atoms with Crippen LogP contribution in [0, 0.1) is 5.92 Å². The fourth-order valence-electron chi connectivity index (χ4n) is 3.50. The molecule has 2 N–H and O–H groups in total. The summed E-state index contributed by atoms with van der Waals surface area (Å²) in [6, 6.07) is 7.24. The predicted octanol–water partition coefficient (Wildman–Crippen LogP) is 2.74. The van der Waals surface area contributed by atoms with Crippen LogP contribution in [0.3, 0.4) is 0 Å². The van der Waals surface area contributed by atoms with Crippen LogP contribution in [0.25, 0.3) is 10.8 Å². The van der Waals surface area contributed by atoms with Gasteiger partial charge in [-0.05, 0) is 44.3 Å². The molecule has 1 aromatic carbocycles. The summed E-state index contributed by atoms with van der Waals surface area (Å²) in [6.45, 7) is 5.39. The van der Waals surface area contributed by atoms with E-state index in [1.54, 1.807) is 12.1 Å². The van der Waals surface area contributed by atoms with Crippen LogP contribution in [0.5, 0.6) is 0 Å². The van der Waals surface area contributed by atoms with Crippen LogP contribution < -0.4 is 16.2 Å². The highest BCUT2D eigenvalue weighted by Crippen LogP contribution is 2.14. The Kier molecular flexibility index (Phi) is 8.25. The molecule has 1 fully saturated rings. The number of carbonyl (C=O) groups is 1. The maximum absolute atomic E-state index is 12.7. The average Bonchev–Trinajstić information content (AvgIpc) is 3.17. The molecule has 0 saturated carbocycles. The van der Waals surface area contributed by atoms with Gasteiger partial charge in [0.1, 0.15) is 0 Å². The first kappa shape index (κ1) is 21.4. The summed E-state index contributed by atoms with van der Waals surface area (Å²) in [4.78, 5) is 25.4. The Morgan fingerprint density at radius 3 is 2.78 bits per heavy atom. The Morgan fingerprint density at radius 2 is 2.07 bits per heavy atom. The summed E-state index contributed by atoms with van der Waals surface area (Å²) >= 11 is 0. The Labute approximate surface area is 166 Å². The third kappa shape index (κ3) is 5.30. The standard InChI is InChI=1S/C20H28N4O2.ClH/c1-2-3-6-13-24-20(26)17-8-5-4-7-16(17)18(23-24)19(25)22-12-10-15-9-11-21-14-15;/h4-5,7-8,15,21H,2-3,6,9-14H2,1H3,(H,22,25);1H. The number of fused-ring (bicyclic) bond motifs is 1. The average molecular weight is 393 g/mol. The second-order valence-corrected chi connectivity index (χ2v) is 7.03. The number of nitrogens with one attached hydrogen (secondary N) is 2. The van der Waals surface area contributed by atoms with Crippen molar-refractivity contribution in [2.75, 3.05) is 19.6 Å². The zero-order chi connectivity index (χ0) is 18.4. The molecule has 2 aromatic rings. The summed E-state index contributed by atoms with van der Waals surface area (Å²) in [5.41, 5.74) is 0.228. The maximum atomic E-state index is 12.7. The minimum absolute atomic E-state index is 0. The topological polar surface area (TPSA) is 76.0 Å². The van der Waals surface area contributed by atoms with Crippen molar-refractivity contribution in [1.29, 1.82) is 0 Å². The lowest BCUT2D eigenvalue weighted by Gasteiger charge is -2.12. The van der Waals surface area contributed by atoms with Gasteiger partial charge in [0.15, 0.2) is 5.69 Å². The minimum atomic E-state index is -0.198. The molecule has 0 bridgehead atoms. The molecule has 148 valence electrons. The number of benzene rings is 1. The molecule has 1 unspecified atom stereocenters. The lowest BCUT2D eigenvalue weighted by molar-refractivity contribution is 0.0946. The van der Waals surface area contributed by atoms with Crippen molar-refractivity contribution >= 4 is 29.1 Å². The largest absolute Gasteiger partial charge is 0.351 e. The highest BCUT2D eigenvalue weighted by Gasteiger charge is 2.18. The molecule has 1 amide bonds. The van der Waals surface area contributed by atoms with Gasteiger partial charge >= 0.3 is 0 Å². The second-order valence-electron chi connectivity index (χ2n) is 7.03. The first-order valence-electron chi connectivity index (χ1n) is 9.69. The Balaban J connectivity index is 0.00000261. The number of amides is 1. The normalized spacial score (nSPS) is 16.3. The van der Waals surface area contributed by atoms with Crippen molar-refractivity contribution in [3.63, 3.8) is 0 Å². The van der Waals surface area contributed by atoms with Crippen molar-refractivity contribution in [1.82, 2.24) is 20.4 Å². The molecule has 27 heavy (non-hydrogen) atoms. The number of nitrogens with zero attached hydrogens (tertiary/aromatic N) is 2. The van der Waals surface area contributed by atoms with Crippen molar-refractivity contribution in [3.05, 3.63) is 40.3 Å². The van der Waals surface area contributed by atoms with Gasteiger partial charge in [0, 0.05) is 18.5 Å². The van der Waals surface area contributed by atoms with Gasteiger partial charge in [0.25, 0.3) is 11.5 Å². The van der Waals surface area contributed by atoms with E-state index in [4.69, 9.17) is 0 Å². The Morgan fingerprint density at radius 1 is 1.30 bits per heavy atom. The smallest absolute Gasteiger partial charge is 0.274 e. The maximum Gasteiger partial charge on any atom is 0.274 e. The fourth-order valence-corrected chi connectivity index (χ4v) is 3.50. The van der Waals surface area contributed by atoms with Crippen LogP contribution in [0.1, 0.15) is 49.5 Å². The quantitative estimate of drug-likeness (QED) is 0.677. The number of aromatic nitrogens is 2. The first-order chi connectivity index (χ1) is 12.7. The summed E-state index contributed by atoms with van der Waals surface area (Å²) in [5.74, 6) is 0.430. The number of halogens is 1. The number of carbonyl (C=O) groups excluding carboxylic acids is 1. The lowest BCUT2D eigenvalue weighted by atomic mass is 10.1. The van der Waals surface area contributed by atoms with Gasteiger partial charge in [0.2, 0.25) is 0 Å². The number of hydrogen-bond acceptors (Lipinski definition) is 4. The molecule has 0 aliphatic carbocycles. The van der Waals surface area contributed by atoms with Crippen LogP contribution in [-0.2, 0) is 6.54 Å². The van der Waals surface area contributed by atoms with E-state index in [0.717, 1.165) is 38.8 Å². The molecule has 6 nitrogen and oxygen atoms in total. The second kappa shape index (κ2) is 10.4. The van der Waals surface area contributed by atoms with Crippen LogP contribution in [0.2, 0.25) is 0 Å². The van der Waals surface area contributed by atoms with Gasteiger partial charge in [-0.15, -0.1) is 12.4 Å². The number of hydrogen-bond donors (Lipinski definition) is 2. The van der Waals surface area contributed by atoms with E-state index in [-0.39, 0.29) is 23.9 Å². The number of rotatable bonds is 8. The van der Waals surface area contributed by atoms with E-state index >= 15 is 0 Å². The fraction of sp³-hybridized carbons (Fsp3) is 0.550. The highest BCUT2D eigenvalue weighted by atomic mass is 35.5. The SMILES string of the molecule is CCCCCn1nc(C(=O)NCCC2CCNC2)c2ccccc2c1=O.Cl. The van der Waals surface area contributed by atoms with E-state index < -0.39 is 0 Å². The zero-order valence-corrected chi connectivity index (χ0v) is 16.7. The number of unbranched alkanes of at least 4 members (excludes halogenated alkanes) is 2. The highest BCUT2D eigenvalue weighted by molar-refractivity contribution is 6.04. The van der Waals surface area contributed by atoms with E-state index in [1.165, 1.54) is 11.1 Å². The van der Waals surface area contributed by atoms with Crippen molar-refractivity contribution in [2.45, 2.75) is 45.6 Å². The van der Waals surface area contributed by atoms with Gasteiger partial charge in [-0.3, -0.25) is 9.59 Å². The van der Waals surface area contributed by atoms with Crippen molar-refractivity contribution < 1.29 is 4.79 Å². The van der Waals surface area contributed by atoms with E-state index in [1.807, 2.05) is 12.1 Å². The summed E-state index contributed by atoms with van der Waals surface area (Å²) < 4.78 is 1.45. The minimum Gasteiger partial charge on any atom is -0.351 e. The molecule has 1 atom stereocenters. The molecule has 1 aliphatic rings. The van der Waals surface area contributed by atoms with Crippen molar-refractivity contribution in [3.8, 4) is 0 Å². The van der Waals surface area contributed by atoms with Crippen LogP contribution in [0.15, 0.2) is 29.1 Å². The van der Waals surface area contributed by atoms with Gasteiger partial charge in [-0.25, -0.2) is 4.68 Å². The molecule has 3 rings (SSSR count). The monoisotopic (exact) mass is 392 g/mol. The van der Waals surface area contributed by atoms with Gasteiger partial charge in [-0.2, -0.15) is 5.10 Å². The molecule has 7 heteroatoms. The zero-order valence-electron chi connectivity index (χ0n) is 15.9. The van der Waals surface area contributed by atoms with Crippen LogP contribution in [-0.4, -0.2) is 35.3 Å². The first-order valence-corrected chi connectivity index (χ1v) is 9.69. The molecule has 0 radical (unpaired) electrons. The predicted molar refractivity (Wildman–Crippen MR) is 111 cm³/mol. The summed E-state index contributed by atoms with van der Waals surface area (Å²) in [6.07, 6.45) is 5.13. The molecular formula is C20H29ClN4O2. The third-order valence-corrected chi connectivity index (χ3v) is 5.06. The third-order valence-electron chi connectivity index (χ3n) is 5.06.